The average molecular weight is 430 g/mol. The quantitative estimate of drug-likeness (QED) is 0.390. The first kappa shape index (κ1) is 21.3. The van der Waals surface area contributed by atoms with Crippen LogP contribution in [0.2, 0.25) is 0 Å². The fourth-order valence-corrected chi connectivity index (χ4v) is 4.00. The number of carboxylic acid groups (broad SMARTS) is 1. The van der Waals surface area contributed by atoms with Crippen molar-refractivity contribution in [3.8, 4) is 11.1 Å². The summed E-state index contributed by atoms with van der Waals surface area (Å²) in [4.78, 5) is 26.9. The van der Waals surface area contributed by atoms with E-state index in [1.165, 1.54) is 6.07 Å². The normalized spacial score (nSPS) is 11.0. The standard InChI is InChI=1S/C26H23FN2O3/c1-15-6-11-22(27)24-23(15)21(16(2)29-24)12-13-28-25(30)18-9-7-17(8-10-18)19-4-3-5-20(14-19)26(31)32/h3-11,14,29H,12-13H2,1-2H3,(H,28,30)(H,31,32). The first-order chi connectivity index (χ1) is 15.3. The van der Waals surface area contributed by atoms with Crippen LogP contribution in [0.4, 0.5) is 4.39 Å². The molecule has 1 heterocycles. The van der Waals surface area contributed by atoms with Crippen molar-refractivity contribution in [2.45, 2.75) is 20.3 Å². The highest BCUT2D eigenvalue weighted by atomic mass is 19.1. The predicted octanol–water partition coefficient (Wildman–Crippen LogP) is 5.26. The Bertz CT molecular complexity index is 1320. The van der Waals surface area contributed by atoms with Crippen LogP contribution in [0.15, 0.2) is 60.7 Å². The lowest BCUT2D eigenvalue weighted by Gasteiger charge is -2.08. The van der Waals surface area contributed by atoms with Gasteiger partial charge in [0.25, 0.3) is 5.91 Å². The van der Waals surface area contributed by atoms with Crippen molar-refractivity contribution in [2.24, 2.45) is 0 Å². The Morgan fingerprint density at radius 2 is 1.72 bits per heavy atom. The molecule has 0 saturated carbocycles. The molecule has 4 aromatic rings. The number of halogens is 1. The van der Waals surface area contributed by atoms with Crippen molar-refractivity contribution in [3.05, 3.63) is 94.4 Å². The molecule has 32 heavy (non-hydrogen) atoms. The minimum Gasteiger partial charge on any atom is -0.478 e. The van der Waals surface area contributed by atoms with Crippen molar-refractivity contribution in [3.63, 3.8) is 0 Å². The van der Waals surface area contributed by atoms with Gasteiger partial charge < -0.3 is 15.4 Å². The summed E-state index contributed by atoms with van der Waals surface area (Å²) in [6.07, 6.45) is 0.585. The molecule has 5 nitrogen and oxygen atoms in total. The van der Waals surface area contributed by atoms with Gasteiger partial charge >= 0.3 is 5.97 Å². The number of aromatic carboxylic acids is 1. The van der Waals surface area contributed by atoms with Crippen LogP contribution in [0.25, 0.3) is 22.0 Å². The van der Waals surface area contributed by atoms with Gasteiger partial charge in [-0.05, 0) is 72.9 Å². The number of aryl methyl sites for hydroxylation is 2. The summed E-state index contributed by atoms with van der Waals surface area (Å²) in [5.41, 5.74) is 5.74. The van der Waals surface area contributed by atoms with Crippen LogP contribution in [-0.2, 0) is 6.42 Å². The second kappa shape index (κ2) is 8.67. The van der Waals surface area contributed by atoms with Crippen molar-refractivity contribution < 1.29 is 19.1 Å². The number of aromatic nitrogens is 1. The molecule has 0 aliphatic carbocycles. The smallest absolute Gasteiger partial charge is 0.335 e. The molecule has 0 aliphatic heterocycles. The highest BCUT2D eigenvalue weighted by molar-refractivity contribution is 5.95. The van der Waals surface area contributed by atoms with Crippen LogP contribution < -0.4 is 5.32 Å². The zero-order chi connectivity index (χ0) is 22.8. The van der Waals surface area contributed by atoms with Gasteiger partial charge in [0.2, 0.25) is 0 Å². The lowest BCUT2D eigenvalue weighted by atomic mass is 10.0. The van der Waals surface area contributed by atoms with E-state index in [1.54, 1.807) is 48.5 Å². The van der Waals surface area contributed by atoms with Gasteiger partial charge in [0.1, 0.15) is 5.82 Å². The molecule has 0 aliphatic rings. The third-order valence-electron chi connectivity index (χ3n) is 5.68. The number of carbonyl (C=O) groups excluding carboxylic acids is 1. The lowest BCUT2D eigenvalue weighted by Crippen LogP contribution is -2.25. The molecule has 0 unspecified atom stereocenters. The fraction of sp³-hybridized carbons (Fsp3) is 0.154. The van der Waals surface area contributed by atoms with Gasteiger partial charge in [-0.3, -0.25) is 4.79 Å². The number of benzene rings is 3. The molecule has 1 amide bonds. The van der Waals surface area contributed by atoms with E-state index < -0.39 is 5.97 Å². The van der Waals surface area contributed by atoms with E-state index in [-0.39, 0.29) is 17.3 Å². The van der Waals surface area contributed by atoms with Crippen molar-refractivity contribution in [1.82, 2.24) is 10.3 Å². The molecule has 0 spiro atoms. The molecule has 1 aromatic heterocycles. The van der Waals surface area contributed by atoms with Crippen molar-refractivity contribution in [2.75, 3.05) is 6.54 Å². The largest absolute Gasteiger partial charge is 0.478 e. The molecule has 3 N–H and O–H groups in total. The van der Waals surface area contributed by atoms with Crippen LogP contribution in [-0.4, -0.2) is 28.5 Å². The number of fused-ring (bicyclic) bond motifs is 1. The fourth-order valence-electron chi connectivity index (χ4n) is 4.00. The summed E-state index contributed by atoms with van der Waals surface area (Å²) in [6.45, 7) is 4.28. The third kappa shape index (κ3) is 4.12. The Hall–Kier alpha value is -3.93. The minimum absolute atomic E-state index is 0.198. The first-order valence-corrected chi connectivity index (χ1v) is 10.3. The maximum atomic E-state index is 14.1. The van der Waals surface area contributed by atoms with E-state index in [9.17, 15) is 14.0 Å². The van der Waals surface area contributed by atoms with Gasteiger partial charge in [-0.2, -0.15) is 0 Å². The first-order valence-electron chi connectivity index (χ1n) is 10.3. The molecular formula is C26H23FN2O3. The molecule has 0 atom stereocenters. The SMILES string of the molecule is Cc1[nH]c2c(F)ccc(C)c2c1CCNC(=O)c1ccc(-c2cccc(C(=O)O)c2)cc1. The maximum absolute atomic E-state index is 14.1. The summed E-state index contributed by atoms with van der Waals surface area (Å²) >= 11 is 0. The molecule has 0 saturated heterocycles. The van der Waals surface area contributed by atoms with Crippen LogP contribution >= 0.6 is 0 Å². The molecular weight excluding hydrogens is 407 g/mol. The molecule has 6 heteroatoms. The summed E-state index contributed by atoms with van der Waals surface area (Å²) in [7, 11) is 0. The Morgan fingerprint density at radius 1 is 0.969 bits per heavy atom. The van der Waals surface area contributed by atoms with E-state index in [0.29, 0.717) is 24.0 Å². The highest BCUT2D eigenvalue weighted by Gasteiger charge is 2.14. The average Bonchev–Trinajstić information content (AvgIpc) is 3.14. The molecule has 4 rings (SSSR count). The lowest BCUT2D eigenvalue weighted by molar-refractivity contribution is 0.0696. The molecule has 162 valence electrons. The van der Waals surface area contributed by atoms with Gasteiger partial charge in [-0.25, -0.2) is 9.18 Å². The van der Waals surface area contributed by atoms with Crippen molar-refractivity contribution in [1.29, 1.82) is 0 Å². The molecule has 0 bridgehead atoms. The summed E-state index contributed by atoms with van der Waals surface area (Å²) < 4.78 is 14.1. The van der Waals surface area contributed by atoms with Crippen LogP contribution in [0.1, 0.15) is 37.5 Å². The van der Waals surface area contributed by atoms with Gasteiger partial charge in [-0.15, -0.1) is 0 Å². The number of carbonyl (C=O) groups is 2. The summed E-state index contributed by atoms with van der Waals surface area (Å²) in [6, 6.07) is 16.9. The van der Waals surface area contributed by atoms with E-state index in [1.807, 2.05) is 19.9 Å². The Balaban J connectivity index is 1.44. The topological polar surface area (TPSA) is 82.2 Å². The monoisotopic (exact) mass is 430 g/mol. The van der Waals surface area contributed by atoms with Crippen LogP contribution in [0.3, 0.4) is 0 Å². The predicted molar refractivity (Wildman–Crippen MR) is 123 cm³/mol. The molecule has 0 radical (unpaired) electrons. The molecule has 0 fully saturated rings. The Morgan fingerprint density at radius 3 is 2.44 bits per heavy atom. The molecule has 3 aromatic carbocycles. The second-order valence-corrected chi connectivity index (χ2v) is 7.81. The van der Waals surface area contributed by atoms with Gasteiger partial charge in [0.05, 0.1) is 11.1 Å². The summed E-state index contributed by atoms with van der Waals surface area (Å²) in [5, 5.41) is 13.0. The van der Waals surface area contributed by atoms with E-state index in [0.717, 1.165) is 33.3 Å². The number of H-pyrrole nitrogens is 1. The number of nitrogens with one attached hydrogen (secondary N) is 2. The van der Waals surface area contributed by atoms with Crippen molar-refractivity contribution >= 4 is 22.8 Å². The van der Waals surface area contributed by atoms with E-state index in [4.69, 9.17) is 5.11 Å². The zero-order valence-electron chi connectivity index (χ0n) is 17.8. The van der Waals surface area contributed by atoms with Gasteiger partial charge in [0, 0.05) is 23.2 Å². The number of hydrogen-bond acceptors (Lipinski definition) is 2. The zero-order valence-corrected chi connectivity index (χ0v) is 17.8. The van der Waals surface area contributed by atoms with Gasteiger partial charge in [-0.1, -0.05) is 30.3 Å². The number of hydrogen-bond donors (Lipinski definition) is 3. The maximum Gasteiger partial charge on any atom is 0.335 e. The third-order valence-corrected chi connectivity index (χ3v) is 5.68. The number of rotatable bonds is 6. The number of carboxylic acids is 1. The van der Waals surface area contributed by atoms with E-state index >= 15 is 0 Å². The second-order valence-electron chi connectivity index (χ2n) is 7.81. The summed E-state index contributed by atoms with van der Waals surface area (Å²) in [5.74, 6) is -1.46. The minimum atomic E-state index is -0.980. The van der Waals surface area contributed by atoms with Crippen LogP contribution in [0.5, 0.6) is 0 Å². The van der Waals surface area contributed by atoms with E-state index in [2.05, 4.69) is 10.3 Å². The number of aromatic amines is 1. The Kier molecular flexibility index (Phi) is 5.77. The Labute approximate surface area is 184 Å². The highest BCUT2D eigenvalue weighted by Crippen LogP contribution is 2.28. The van der Waals surface area contributed by atoms with Gasteiger partial charge in [0.15, 0.2) is 0 Å². The number of amides is 1. The van der Waals surface area contributed by atoms with Crippen LogP contribution in [0, 0.1) is 19.7 Å².